The molecule has 3 heteroatoms. The Bertz CT molecular complexity index is 602. The number of nitrogens with two attached hydrogens (primary N) is 1. The molecule has 1 aliphatic carbocycles. The number of pyridine rings is 1. The van der Waals surface area contributed by atoms with Crippen molar-refractivity contribution in [1.29, 1.82) is 0 Å². The van der Waals surface area contributed by atoms with Crippen molar-refractivity contribution < 1.29 is 0 Å². The predicted molar refractivity (Wildman–Crippen MR) is 84.4 cm³/mol. The number of fused-ring (bicyclic) bond motifs is 1. The van der Waals surface area contributed by atoms with Gasteiger partial charge in [-0.05, 0) is 44.7 Å². The van der Waals surface area contributed by atoms with E-state index >= 15 is 0 Å². The Morgan fingerprint density at radius 3 is 2.75 bits per heavy atom. The lowest BCUT2D eigenvalue weighted by atomic mass is 10.1. The molecule has 20 heavy (non-hydrogen) atoms. The number of hydrogen-bond donors (Lipinski definition) is 1. The van der Waals surface area contributed by atoms with Crippen LogP contribution in [0, 0.1) is 5.92 Å². The van der Waals surface area contributed by atoms with Crippen LogP contribution in [-0.2, 0) is 6.54 Å². The Labute approximate surface area is 120 Å². The highest BCUT2D eigenvalue weighted by Gasteiger charge is 2.25. The van der Waals surface area contributed by atoms with Crippen LogP contribution in [0.25, 0.3) is 10.9 Å². The molecule has 1 saturated carbocycles. The van der Waals surface area contributed by atoms with E-state index in [1.807, 2.05) is 30.3 Å². The van der Waals surface area contributed by atoms with Crippen LogP contribution < -0.4 is 5.73 Å². The van der Waals surface area contributed by atoms with E-state index in [0.717, 1.165) is 34.7 Å². The first-order chi connectivity index (χ1) is 9.63. The largest absolute Gasteiger partial charge is 0.398 e. The van der Waals surface area contributed by atoms with E-state index < -0.39 is 0 Å². The zero-order chi connectivity index (χ0) is 14.1. The molecule has 0 aliphatic heterocycles. The second-order valence-electron chi connectivity index (χ2n) is 6.19. The number of anilines is 1. The Morgan fingerprint density at radius 1 is 1.30 bits per heavy atom. The van der Waals surface area contributed by atoms with Gasteiger partial charge in [-0.1, -0.05) is 18.2 Å². The van der Waals surface area contributed by atoms with Crippen LogP contribution in [0.4, 0.5) is 5.69 Å². The lowest BCUT2D eigenvalue weighted by molar-refractivity contribution is 0.201. The monoisotopic (exact) mass is 269 g/mol. The van der Waals surface area contributed by atoms with Gasteiger partial charge in [0.05, 0.1) is 11.2 Å². The lowest BCUT2D eigenvalue weighted by Crippen LogP contribution is -2.32. The summed E-state index contributed by atoms with van der Waals surface area (Å²) in [5.41, 5.74) is 9.07. The third-order valence-electron chi connectivity index (χ3n) is 4.09. The van der Waals surface area contributed by atoms with Gasteiger partial charge in [-0.2, -0.15) is 0 Å². The van der Waals surface area contributed by atoms with Gasteiger partial charge in [-0.25, -0.2) is 0 Å². The van der Waals surface area contributed by atoms with E-state index in [9.17, 15) is 0 Å². The standard InChI is InChI=1S/C17H23N3/c1-12(2)20(10-13-7-8-13)11-14-9-16(18)15-5-3-4-6-17(15)19-14/h3-6,9,12-13H,7-8,10-11H2,1-2H3,(H2,18,19). The average molecular weight is 269 g/mol. The number of rotatable bonds is 5. The van der Waals surface area contributed by atoms with Crippen molar-refractivity contribution in [3.8, 4) is 0 Å². The average Bonchev–Trinajstić information content (AvgIpc) is 3.22. The number of nitrogen functional groups attached to an aromatic ring is 1. The third-order valence-corrected chi connectivity index (χ3v) is 4.09. The highest BCUT2D eigenvalue weighted by atomic mass is 15.2. The van der Waals surface area contributed by atoms with Crippen LogP contribution in [0.5, 0.6) is 0 Å². The maximum atomic E-state index is 6.16. The first kappa shape index (κ1) is 13.4. The summed E-state index contributed by atoms with van der Waals surface area (Å²) >= 11 is 0. The van der Waals surface area contributed by atoms with Gasteiger partial charge in [0.2, 0.25) is 0 Å². The number of nitrogens with zero attached hydrogens (tertiary/aromatic N) is 2. The van der Waals surface area contributed by atoms with Crippen molar-refractivity contribution in [3.05, 3.63) is 36.0 Å². The van der Waals surface area contributed by atoms with Crippen LogP contribution in [0.2, 0.25) is 0 Å². The van der Waals surface area contributed by atoms with E-state index in [-0.39, 0.29) is 0 Å². The fourth-order valence-electron chi connectivity index (χ4n) is 2.64. The van der Waals surface area contributed by atoms with Gasteiger partial charge in [0.1, 0.15) is 0 Å². The summed E-state index contributed by atoms with van der Waals surface area (Å²) in [5.74, 6) is 0.898. The molecule has 1 aromatic carbocycles. The maximum Gasteiger partial charge on any atom is 0.0726 e. The number of hydrogen-bond acceptors (Lipinski definition) is 3. The summed E-state index contributed by atoms with van der Waals surface area (Å²) in [6.45, 7) is 6.59. The minimum atomic E-state index is 0.546. The molecule has 1 aromatic heterocycles. The number of benzene rings is 1. The molecule has 0 unspecified atom stereocenters. The normalized spacial score (nSPS) is 15.4. The van der Waals surface area contributed by atoms with Crippen LogP contribution in [0.15, 0.2) is 30.3 Å². The molecule has 0 spiro atoms. The van der Waals surface area contributed by atoms with Crippen molar-refractivity contribution in [2.24, 2.45) is 5.92 Å². The van der Waals surface area contributed by atoms with Crippen molar-refractivity contribution in [2.45, 2.75) is 39.3 Å². The quantitative estimate of drug-likeness (QED) is 0.904. The highest BCUT2D eigenvalue weighted by molar-refractivity contribution is 5.90. The van der Waals surface area contributed by atoms with Crippen molar-refractivity contribution in [3.63, 3.8) is 0 Å². The fourth-order valence-corrected chi connectivity index (χ4v) is 2.64. The van der Waals surface area contributed by atoms with Gasteiger partial charge < -0.3 is 5.73 Å². The molecule has 1 heterocycles. The summed E-state index contributed by atoms with van der Waals surface area (Å²) in [6.07, 6.45) is 2.77. The molecule has 2 N–H and O–H groups in total. The molecule has 0 saturated heterocycles. The zero-order valence-corrected chi connectivity index (χ0v) is 12.3. The van der Waals surface area contributed by atoms with E-state index in [1.165, 1.54) is 19.4 Å². The van der Waals surface area contributed by atoms with Gasteiger partial charge in [-0.15, -0.1) is 0 Å². The maximum absolute atomic E-state index is 6.16. The van der Waals surface area contributed by atoms with Gasteiger partial charge in [-0.3, -0.25) is 9.88 Å². The molecule has 3 rings (SSSR count). The molecule has 106 valence electrons. The Hall–Kier alpha value is -1.61. The zero-order valence-electron chi connectivity index (χ0n) is 12.3. The summed E-state index contributed by atoms with van der Waals surface area (Å²) in [5, 5.41) is 1.05. The van der Waals surface area contributed by atoms with Crippen molar-refractivity contribution in [1.82, 2.24) is 9.88 Å². The van der Waals surface area contributed by atoms with E-state index in [1.54, 1.807) is 0 Å². The lowest BCUT2D eigenvalue weighted by Gasteiger charge is -2.26. The Morgan fingerprint density at radius 2 is 2.05 bits per heavy atom. The molecular formula is C17H23N3. The van der Waals surface area contributed by atoms with E-state index in [4.69, 9.17) is 10.7 Å². The van der Waals surface area contributed by atoms with E-state index in [0.29, 0.717) is 6.04 Å². The molecule has 3 nitrogen and oxygen atoms in total. The summed E-state index contributed by atoms with van der Waals surface area (Å²) in [4.78, 5) is 7.27. The topological polar surface area (TPSA) is 42.1 Å². The predicted octanol–water partition coefficient (Wildman–Crippen LogP) is 3.44. The molecule has 0 radical (unpaired) electrons. The van der Waals surface area contributed by atoms with Crippen molar-refractivity contribution in [2.75, 3.05) is 12.3 Å². The SMILES string of the molecule is CC(C)N(Cc1cc(N)c2ccccc2n1)CC1CC1. The molecule has 2 aromatic rings. The second kappa shape index (κ2) is 5.41. The van der Waals surface area contributed by atoms with Gasteiger partial charge in [0, 0.05) is 30.2 Å². The van der Waals surface area contributed by atoms with Gasteiger partial charge >= 0.3 is 0 Å². The minimum Gasteiger partial charge on any atom is -0.398 e. The summed E-state index contributed by atoms with van der Waals surface area (Å²) in [7, 11) is 0. The second-order valence-corrected chi connectivity index (χ2v) is 6.19. The number of aromatic nitrogens is 1. The van der Waals surface area contributed by atoms with Gasteiger partial charge in [0.15, 0.2) is 0 Å². The third kappa shape index (κ3) is 2.93. The first-order valence-electron chi connectivity index (χ1n) is 7.51. The first-order valence-corrected chi connectivity index (χ1v) is 7.51. The molecule has 1 fully saturated rings. The van der Waals surface area contributed by atoms with Crippen molar-refractivity contribution >= 4 is 16.6 Å². The Kier molecular flexibility index (Phi) is 3.62. The smallest absolute Gasteiger partial charge is 0.0726 e. The molecule has 1 aliphatic rings. The van der Waals surface area contributed by atoms with Gasteiger partial charge in [0.25, 0.3) is 0 Å². The molecular weight excluding hydrogens is 246 g/mol. The van der Waals surface area contributed by atoms with E-state index in [2.05, 4.69) is 18.7 Å². The molecule has 0 atom stereocenters. The van der Waals surface area contributed by atoms with Crippen LogP contribution >= 0.6 is 0 Å². The molecule has 0 amide bonds. The Balaban J connectivity index is 1.85. The molecule has 0 bridgehead atoms. The van der Waals surface area contributed by atoms with Crippen LogP contribution in [0.1, 0.15) is 32.4 Å². The number of para-hydroxylation sites is 1. The minimum absolute atomic E-state index is 0.546. The summed E-state index contributed by atoms with van der Waals surface area (Å²) < 4.78 is 0. The van der Waals surface area contributed by atoms with Crippen LogP contribution in [-0.4, -0.2) is 22.5 Å². The fraction of sp³-hybridized carbons (Fsp3) is 0.471. The highest BCUT2D eigenvalue weighted by Crippen LogP contribution is 2.31. The van der Waals surface area contributed by atoms with Crippen LogP contribution in [0.3, 0.4) is 0 Å². The summed E-state index contributed by atoms with van der Waals surface area (Å²) in [6, 6.07) is 10.7.